The molecule has 0 spiro atoms. The van der Waals surface area contributed by atoms with Crippen LogP contribution in [0.2, 0.25) is 0 Å². The standard InChI is InChI=1S/C15H20INO6/c1-21-14-10(23-15(22-2)13(20)12(14)19)7-11(18)17-9-5-3-8(16)4-6-9/h3-6,10,12-15,19-20H,7H2,1-2H3,(H,17,18). The van der Waals surface area contributed by atoms with Crippen LogP contribution in [0.15, 0.2) is 24.3 Å². The van der Waals surface area contributed by atoms with E-state index in [2.05, 4.69) is 27.9 Å². The Morgan fingerprint density at radius 2 is 1.87 bits per heavy atom. The highest BCUT2D eigenvalue weighted by atomic mass is 127. The number of hydrogen-bond donors (Lipinski definition) is 3. The van der Waals surface area contributed by atoms with E-state index in [4.69, 9.17) is 14.2 Å². The number of nitrogens with one attached hydrogen (secondary N) is 1. The lowest BCUT2D eigenvalue weighted by Crippen LogP contribution is -2.59. The lowest BCUT2D eigenvalue weighted by molar-refractivity contribution is -0.293. The minimum absolute atomic E-state index is 0.0336. The van der Waals surface area contributed by atoms with Gasteiger partial charge in [-0.1, -0.05) is 0 Å². The smallest absolute Gasteiger partial charge is 0.227 e. The zero-order valence-corrected chi connectivity index (χ0v) is 15.0. The molecule has 8 heteroatoms. The molecule has 128 valence electrons. The van der Waals surface area contributed by atoms with Crippen LogP contribution in [0.4, 0.5) is 5.69 Å². The first-order valence-corrected chi connectivity index (χ1v) is 8.16. The zero-order chi connectivity index (χ0) is 17.0. The van der Waals surface area contributed by atoms with Crippen molar-refractivity contribution in [2.24, 2.45) is 0 Å². The fourth-order valence-corrected chi connectivity index (χ4v) is 2.84. The first-order chi connectivity index (χ1) is 11.0. The van der Waals surface area contributed by atoms with Crippen LogP contribution in [-0.4, -0.2) is 61.0 Å². The first-order valence-electron chi connectivity index (χ1n) is 7.09. The number of rotatable bonds is 5. The van der Waals surface area contributed by atoms with E-state index in [9.17, 15) is 15.0 Å². The maximum atomic E-state index is 12.2. The minimum atomic E-state index is -1.24. The van der Waals surface area contributed by atoms with E-state index in [0.717, 1.165) is 3.57 Å². The summed E-state index contributed by atoms with van der Waals surface area (Å²) in [6.07, 6.45) is -5.03. The number of aliphatic hydroxyl groups excluding tert-OH is 2. The molecule has 2 rings (SSSR count). The summed E-state index contributed by atoms with van der Waals surface area (Å²) in [5.41, 5.74) is 0.670. The molecule has 1 aromatic carbocycles. The van der Waals surface area contributed by atoms with E-state index in [1.807, 2.05) is 12.1 Å². The lowest BCUT2D eigenvalue weighted by Gasteiger charge is -2.41. The number of carbonyl (C=O) groups is 1. The largest absolute Gasteiger partial charge is 0.387 e. The predicted molar refractivity (Wildman–Crippen MR) is 90.9 cm³/mol. The summed E-state index contributed by atoms with van der Waals surface area (Å²) in [4.78, 5) is 12.2. The summed E-state index contributed by atoms with van der Waals surface area (Å²) < 4.78 is 16.8. The minimum Gasteiger partial charge on any atom is -0.387 e. The van der Waals surface area contributed by atoms with Crippen molar-refractivity contribution in [3.8, 4) is 0 Å². The normalized spacial score (nSPS) is 30.9. The molecule has 5 atom stereocenters. The van der Waals surface area contributed by atoms with Crippen LogP contribution < -0.4 is 5.32 Å². The van der Waals surface area contributed by atoms with Gasteiger partial charge in [-0.2, -0.15) is 0 Å². The topological polar surface area (TPSA) is 97.3 Å². The molecule has 7 nitrogen and oxygen atoms in total. The third-order valence-electron chi connectivity index (χ3n) is 3.66. The van der Waals surface area contributed by atoms with Crippen molar-refractivity contribution >= 4 is 34.2 Å². The van der Waals surface area contributed by atoms with E-state index in [1.165, 1.54) is 14.2 Å². The van der Waals surface area contributed by atoms with Crippen molar-refractivity contribution in [1.29, 1.82) is 0 Å². The number of methoxy groups -OCH3 is 2. The molecular formula is C15H20INO6. The summed E-state index contributed by atoms with van der Waals surface area (Å²) in [7, 11) is 2.75. The molecule has 0 saturated carbocycles. The van der Waals surface area contributed by atoms with Gasteiger partial charge in [-0.05, 0) is 46.9 Å². The summed E-state index contributed by atoms with van der Waals surface area (Å²) in [5, 5.41) is 22.7. The van der Waals surface area contributed by atoms with Crippen LogP contribution in [0.5, 0.6) is 0 Å². The van der Waals surface area contributed by atoms with Gasteiger partial charge in [0, 0.05) is 23.5 Å². The van der Waals surface area contributed by atoms with Crippen molar-refractivity contribution in [2.45, 2.75) is 37.1 Å². The third kappa shape index (κ3) is 4.61. The van der Waals surface area contributed by atoms with Crippen LogP contribution >= 0.6 is 22.6 Å². The summed E-state index contributed by atoms with van der Waals surface area (Å²) in [6.45, 7) is 0. The van der Waals surface area contributed by atoms with E-state index in [-0.39, 0.29) is 12.3 Å². The highest BCUT2D eigenvalue weighted by molar-refractivity contribution is 14.1. The van der Waals surface area contributed by atoms with Crippen molar-refractivity contribution in [3.63, 3.8) is 0 Å². The van der Waals surface area contributed by atoms with Crippen molar-refractivity contribution in [2.75, 3.05) is 19.5 Å². The van der Waals surface area contributed by atoms with Crippen molar-refractivity contribution < 1.29 is 29.2 Å². The maximum Gasteiger partial charge on any atom is 0.227 e. The zero-order valence-electron chi connectivity index (χ0n) is 12.8. The Hall–Kier alpha value is -0.780. The van der Waals surface area contributed by atoms with Crippen LogP contribution in [-0.2, 0) is 19.0 Å². The number of halogens is 1. The Kier molecular flexibility index (Phi) is 6.74. The predicted octanol–water partition coefficient (Wildman–Crippen LogP) is 0.728. The molecule has 1 saturated heterocycles. The van der Waals surface area contributed by atoms with Crippen molar-refractivity contribution in [1.82, 2.24) is 0 Å². The highest BCUT2D eigenvalue weighted by Gasteiger charge is 2.45. The molecule has 0 radical (unpaired) electrons. The second-order valence-electron chi connectivity index (χ2n) is 5.22. The van der Waals surface area contributed by atoms with Gasteiger partial charge in [-0.3, -0.25) is 4.79 Å². The fraction of sp³-hybridized carbons (Fsp3) is 0.533. The monoisotopic (exact) mass is 437 g/mol. The van der Waals surface area contributed by atoms with Gasteiger partial charge in [0.05, 0.1) is 12.5 Å². The van der Waals surface area contributed by atoms with Crippen LogP contribution in [0.3, 0.4) is 0 Å². The summed E-state index contributed by atoms with van der Waals surface area (Å²) in [5.74, 6) is -0.281. The Balaban J connectivity index is 2.01. The molecule has 0 bridgehead atoms. The summed E-state index contributed by atoms with van der Waals surface area (Å²) in [6, 6.07) is 7.36. The van der Waals surface area contributed by atoms with Gasteiger partial charge >= 0.3 is 0 Å². The van der Waals surface area contributed by atoms with Gasteiger partial charge in [0.25, 0.3) is 0 Å². The molecule has 1 fully saturated rings. The number of benzene rings is 1. The Morgan fingerprint density at radius 3 is 2.43 bits per heavy atom. The molecule has 1 amide bonds. The van der Waals surface area contributed by atoms with Gasteiger partial charge in [0.2, 0.25) is 5.91 Å². The Bertz CT molecular complexity index is 525. The fourth-order valence-electron chi connectivity index (χ4n) is 2.48. The Labute approximate surface area is 148 Å². The maximum absolute atomic E-state index is 12.2. The Morgan fingerprint density at radius 1 is 1.22 bits per heavy atom. The highest BCUT2D eigenvalue weighted by Crippen LogP contribution is 2.26. The number of ether oxygens (including phenoxy) is 3. The van der Waals surface area contributed by atoms with Gasteiger partial charge < -0.3 is 29.7 Å². The number of amides is 1. The van der Waals surface area contributed by atoms with Gasteiger partial charge in [0.1, 0.15) is 18.3 Å². The molecule has 1 aliphatic heterocycles. The van der Waals surface area contributed by atoms with Gasteiger partial charge in [-0.15, -0.1) is 0 Å². The van der Waals surface area contributed by atoms with Crippen LogP contribution in [0.25, 0.3) is 0 Å². The third-order valence-corrected chi connectivity index (χ3v) is 4.38. The quantitative estimate of drug-likeness (QED) is 0.588. The second kappa shape index (κ2) is 8.36. The number of hydrogen-bond acceptors (Lipinski definition) is 6. The average molecular weight is 437 g/mol. The summed E-state index contributed by atoms with van der Waals surface area (Å²) >= 11 is 2.18. The molecule has 3 N–H and O–H groups in total. The van der Waals surface area contributed by atoms with Gasteiger partial charge in [-0.25, -0.2) is 0 Å². The second-order valence-corrected chi connectivity index (χ2v) is 6.46. The molecule has 23 heavy (non-hydrogen) atoms. The molecule has 1 aliphatic rings. The van der Waals surface area contributed by atoms with E-state index >= 15 is 0 Å². The molecule has 1 aromatic rings. The van der Waals surface area contributed by atoms with E-state index < -0.39 is 30.7 Å². The van der Waals surface area contributed by atoms with Crippen LogP contribution in [0.1, 0.15) is 6.42 Å². The van der Waals surface area contributed by atoms with Crippen LogP contribution in [0, 0.1) is 3.57 Å². The molecule has 0 aromatic heterocycles. The molecule has 5 unspecified atom stereocenters. The van der Waals surface area contributed by atoms with E-state index in [0.29, 0.717) is 5.69 Å². The van der Waals surface area contributed by atoms with Gasteiger partial charge in [0.15, 0.2) is 6.29 Å². The molecular weight excluding hydrogens is 417 g/mol. The van der Waals surface area contributed by atoms with E-state index in [1.54, 1.807) is 12.1 Å². The molecule has 1 heterocycles. The average Bonchev–Trinajstić information content (AvgIpc) is 2.53. The number of anilines is 1. The van der Waals surface area contributed by atoms with Crippen molar-refractivity contribution in [3.05, 3.63) is 27.8 Å². The number of aliphatic hydroxyl groups is 2. The first kappa shape index (κ1) is 18.6. The number of carbonyl (C=O) groups excluding carboxylic acids is 1. The SMILES string of the molecule is COC1OC(CC(=O)Nc2ccc(I)cc2)C(OC)C(O)C1O. The molecule has 0 aliphatic carbocycles. The lowest BCUT2D eigenvalue weighted by atomic mass is 9.96.